The number of hydrogen-bond acceptors (Lipinski definition) is 6. The van der Waals surface area contributed by atoms with Crippen molar-refractivity contribution in [2.45, 2.75) is 393 Å². The van der Waals surface area contributed by atoms with Gasteiger partial charge in [0, 0.05) is 19.3 Å². The van der Waals surface area contributed by atoms with Gasteiger partial charge in [0.05, 0.1) is 0 Å². The van der Waals surface area contributed by atoms with E-state index in [1.807, 2.05) is 0 Å². The van der Waals surface area contributed by atoms with Crippen LogP contribution in [0.15, 0.2) is 48.6 Å². The third-order valence-corrected chi connectivity index (χ3v) is 16.1. The zero-order chi connectivity index (χ0) is 57.8. The molecule has 0 radical (unpaired) electrons. The molecule has 0 aliphatic heterocycles. The number of rotatable bonds is 66. The fourth-order valence-electron chi connectivity index (χ4n) is 10.7. The maximum atomic E-state index is 12.9. The van der Waals surface area contributed by atoms with E-state index in [-0.39, 0.29) is 31.1 Å². The SMILES string of the molecule is CCCC/C=C\CCCCCCCC(=O)OCC(COC(=O)CCCCCCCCCCCCCCCCCCCCCCCCCCCC)OC(=O)CCCCCCCCCCCC/C=C\C/C=C\C/C=C\CCCCCCC. The summed E-state index contributed by atoms with van der Waals surface area (Å²) in [6.45, 7) is 6.65. The molecule has 6 heteroatoms. The quantitative estimate of drug-likeness (QED) is 0.0261. The summed E-state index contributed by atoms with van der Waals surface area (Å²) >= 11 is 0. The van der Waals surface area contributed by atoms with E-state index in [9.17, 15) is 14.4 Å². The van der Waals surface area contributed by atoms with Crippen LogP contribution in [0.1, 0.15) is 387 Å². The van der Waals surface area contributed by atoms with Crippen LogP contribution < -0.4 is 0 Å². The molecule has 0 bridgehead atoms. The van der Waals surface area contributed by atoms with E-state index in [0.717, 1.165) is 77.0 Å². The molecule has 6 nitrogen and oxygen atoms in total. The van der Waals surface area contributed by atoms with E-state index in [2.05, 4.69) is 69.4 Å². The maximum absolute atomic E-state index is 12.9. The molecule has 1 atom stereocenters. The molecule has 0 saturated carbocycles. The summed E-state index contributed by atoms with van der Waals surface area (Å²) in [7, 11) is 0. The first-order valence-electron chi connectivity index (χ1n) is 35.6. The van der Waals surface area contributed by atoms with Crippen LogP contribution in [0.5, 0.6) is 0 Å². The van der Waals surface area contributed by atoms with Gasteiger partial charge in [-0.05, 0) is 77.0 Å². The van der Waals surface area contributed by atoms with Crippen molar-refractivity contribution in [2.24, 2.45) is 0 Å². The third-order valence-electron chi connectivity index (χ3n) is 16.1. The number of ether oxygens (including phenoxy) is 3. The summed E-state index contributed by atoms with van der Waals surface area (Å²) in [6, 6.07) is 0. The number of carbonyl (C=O) groups excluding carboxylic acids is 3. The fraction of sp³-hybridized carbons (Fsp3) is 0.851. The maximum Gasteiger partial charge on any atom is 0.306 e. The van der Waals surface area contributed by atoms with Crippen LogP contribution in [0.3, 0.4) is 0 Å². The highest BCUT2D eigenvalue weighted by Crippen LogP contribution is 2.18. The Balaban J connectivity index is 4.19. The molecule has 1 unspecified atom stereocenters. The predicted molar refractivity (Wildman–Crippen MR) is 349 cm³/mol. The lowest BCUT2D eigenvalue weighted by Gasteiger charge is -2.18. The molecule has 0 rings (SSSR count). The van der Waals surface area contributed by atoms with Crippen molar-refractivity contribution < 1.29 is 28.6 Å². The molecule has 0 aliphatic rings. The molecule has 0 fully saturated rings. The van der Waals surface area contributed by atoms with Crippen molar-refractivity contribution in [2.75, 3.05) is 13.2 Å². The molecule has 0 N–H and O–H groups in total. The summed E-state index contributed by atoms with van der Waals surface area (Å²) in [5.74, 6) is -0.863. The number of esters is 3. The first-order chi connectivity index (χ1) is 39.5. The Morgan fingerprint density at radius 2 is 0.463 bits per heavy atom. The molecule has 0 heterocycles. The smallest absolute Gasteiger partial charge is 0.306 e. The number of carbonyl (C=O) groups is 3. The van der Waals surface area contributed by atoms with Crippen molar-refractivity contribution >= 4 is 17.9 Å². The van der Waals surface area contributed by atoms with Gasteiger partial charge in [-0.15, -0.1) is 0 Å². The molecule has 0 spiro atoms. The fourth-order valence-corrected chi connectivity index (χ4v) is 10.7. The molecule has 468 valence electrons. The van der Waals surface area contributed by atoms with Crippen LogP contribution >= 0.6 is 0 Å². The number of allylic oxidation sites excluding steroid dienone is 8. The van der Waals surface area contributed by atoms with E-state index >= 15 is 0 Å². The minimum atomic E-state index is -0.778. The highest BCUT2D eigenvalue weighted by Gasteiger charge is 2.19. The monoisotopic (exact) mass is 1120 g/mol. The van der Waals surface area contributed by atoms with Gasteiger partial charge in [0.25, 0.3) is 0 Å². The second-order valence-corrected chi connectivity index (χ2v) is 24.1. The van der Waals surface area contributed by atoms with E-state index in [1.165, 1.54) is 270 Å². The second kappa shape index (κ2) is 68.9. The van der Waals surface area contributed by atoms with Crippen molar-refractivity contribution in [3.63, 3.8) is 0 Å². The minimum Gasteiger partial charge on any atom is -0.462 e. The minimum absolute atomic E-state index is 0.0732. The molecular formula is C74H136O6. The van der Waals surface area contributed by atoms with Crippen LogP contribution in [0.4, 0.5) is 0 Å². The molecule has 0 amide bonds. The van der Waals surface area contributed by atoms with Crippen molar-refractivity contribution in [1.82, 2.24) is 0 Å². The van der Waals surface area contributed by atoms with Crippen LogP contribution in [0.25, 0.3) is 0 Å². The van der Waals surface area contributed by atoms with Gasteiger partial charge in [0.15, 0.2) is 6.10 Å². The van der Waals surface area contributed by atoms with Gasteiger partial charge >= 0.3 is 17.9 Å². The van der Waals surface area contributed by atoms with E-state index < -0.39 is 6.10 Å². The van der Waals surface area contributed by atoms with Crippen LogP contribution in [0, 0.1) is 0 Å². The average Bonchev–Trinajstić information content (AvgIpc) is 3.46. The van der Waals surface area contributed by atoms with E-state index in [4.69, 9.17) is 14.2 Å². The standard InChI is InChI=1S/C74H136O6/c1-4-7-10-13-16-19-22-24-26-28-30-32-34-36-38-39-41-43-45-47-49-52-55-58-61-64-67-73(76)79-70-71(69-78-72(75)66-63-60-57-54-51-21-18-15-12-9-6-3)80-74(77)68-65-62-59-56-53-50-48-46-44-42-40-37-35-33-31-29-27-25-23-20-17-14-11-8-5-2/h15,18,23,25,29,31,35,37,71H,4-14,16-17,19-22,24,26-28,30,32-34,36,38-70H2,1-3H3/b18-15-,25-23-,31-29-,37-35-. The Morgan fingerprint density at radius 3 is 0.750 bits per heavy atom. The predicted octanol–water partition coefficient (Wildman–Crippen LogP) is 24.5. The summed E-state index contributed by atoms with van der Waals surface area (Å²) in [6.07, 6.45) is 87.2. The lowest BCUT2D eigenvalue weighted by Crippen LogP contribution is -2.30. The molecule has 0 aromatic heterocycles. The first-order valence-corrected chi connectivity index (χ1v) is 35.6. The molecule has 0 saturated heterocycles. The van der Waals surface area contributed by atoms with Crippen molar-refractivity contribution in [3.8, 4) is 0 Å². The van der Waals surface area contributed by atoms with E-state index in [0.29, 0.717) is 19.3 Å². The molecule has 0 aromatic carbocycles. The Hall–Kier alpha value is -2.63. The van der Waals surface area contributed by atoms with Gasteiger partial charge in [0.1, 0.15) is 13.2 Å². The van der Waals surface area contributed by atoms with Gasteiger partial charge in [-0.25, -0.2) is 0 Å². The zero-order valence-corrected chi connectivity index (χ0v) is 53.9. The van der Waals surface area contributed by atoms with Crippen LogP contribution in [-0.4, -0.2) is 37.2 Å². The summed E-state index contributed by atoms with van der Waals surface area (Å²) in [5.41, 5.74) is 0. The zero-order valence-electron chi connectivity index (χ0n) is 53.9. The van der Waals surface area contributed by atoms with Gasteiger partial charge in [-0.3, -0.25) is 14.4 Å². The second-order valence-electron chi connectivity index (χ2n) is 24.1. The highest BCUT2D eigenvalue weighted by atomic mass is 16.6. The molecule has 80 heavy (non-hydrogen) atoms. The summed E-state index contributed by atoms with van der Waals surface area (Å²) < 4.78 is 17.0. The van der Waals surface area contributed by atoms with Gasteiger partial charge in [-0.1, -0.05) is 339 Å². The average molecular weight is 1120 g/mol. The Bertz CT molecular complexity index is 1380. The number of unbranched alkanes of at least 4 members (excludes halogenated alkanes) is 47. The highest BCUT2D eigenvalue weighted by molar-refractivity contribution is 5.71. The van der Waals surface area contributed by atoms with Crippen molar-refractivity contribution in [1.29, 1.82) is 0 Å². The molecule has 0 aromatic rings. The summed E-state index contributed by atoms with van der Waals surface area (Å²) in [5, 5.41) is 0. The largest absolute Gasteiger partial charge is 0.462 e. The van der Waals surface area contributed by atoms with Gasteiger partial charge in [0.2, 0.25) is 0 Å². The molecular weight excluding hydrogens is 985 g/mol. The Labute approximate surface area is 498 Å². The van der Waals surface area contributed by atoms with Crippen LogP contribution in [0.2, 0.25) is 0 Å². The lowest BCUT2D eigenvalue weighted by atomic mass is 10.0. The van der Waals surface area contributed by atoms with Gasteiger partial charge < -0.3 is 14.2 Å². The topological polar surface area (TPSA) is 78.9 Å². The number of hydrogen-bond donors (Lipinski definition) is 0. The first kappa shape index (κ1) is 77.4. The lowest BCUT2D eigenvalue weighted by molar-refractivity contribution is -0.167. The molecule has 0 aliphatic carbocycles. The summed E-state index contributed by atoms with van der Waals surface area (Å²) in [4.78, 5) is 38.4. The van der Waals surface area contributed by atoms with Crippen molar-refractivity contribution in [3.05, 3.63) is 48.6 Å². The van der Waals surface area contributed by atoms with Gasteiger partial charge in [-0.2, -0.15) is 0 Å². The van der Waals surface area contributed by atoms with E-state index in [1.54, 1.807) is 0 Å². The normalized spacial score (nSPS) is 12.3. The van der Waals surface area contributed by atoms with Crippen LogP contribution in [-0.2, 0) is 28.6 Å². The Kier molecular flexibility index (Phi) is 66.6. The Morgan fingerprint density at radius 1 is 0.250 bits per heavy atom. The third kappa shape index (κ3) is 66.2.